The van der Waals surface area contributed by atoms with Gasteiger partial charge >= 0.3 is 0 Å². The third kappa shape index (κ3) is 5.99. The number of nitrogens with one attached hydrogen (secondary N) is 2. The molecule has 0 spiro atoms. The Labute approximate surface area is 135 Å². The summed E-state index contributed by atoms with van der Waals surface area (Å²) in [6.45, 7) is 3.54. The smallest absolute Gasteiger partial charge is 0.243 e. The Bertz CT molecular complexity index is 559. The highest BCUT2D eigenvalue weighted by molar-refractivity contribution is 5.87. The highest BCUT2D eigenvalue weighted by Crippen LogP contribution is 2.28. The van der Waals surface area contributed by atoms with Gasteiger partial charge in [-0.2, -0.15) is 0 Å². The molecule has 7 nitrogen and oxygen atoms in total. The second-order valence-electron chi connectivity index (χ2n) is 4.67. The molecule has 0 saturated carbocycles. The van der Waals surface area contributed by atoms with Crippen molar-refractivity contribution in [1.82, 2.24) is 10.6 Å². The molecular weight excluding hydrogens is 300 g/mol. The predicted octanol–water partition coefficient (Wildman–Crippen LogP) is 0.546. The van der Waals surface area contributed by atoms with Crippen molar-refractivity contribution in [3.63, 3.8) is 0 Å². The number of methoxy groups -OCH3 is 2. The number of aliphatic hydroxyl groups is 1. The van der Waals surface area contributed by atoms with Crippen molar-refractivity contribution in [1.29, 1.82) is 0 Å². The van der Waals surface area contributed by atoms with Crippen molar-refractivity contribution < 1.29 is 24.2 Å². The van der Waals surface area contributed by atoms with Crippen molar-refractivity contribution >= 4 is 11.8 Å². The zero-order chi connectivity index (χ0) is 17.2. The van der Waals surface area contributed by atoms with Crippen LogP contribution in [0.2, 0.25) is 0 Å². The van der Waals surface area contributed by atoms with E-state index >= 15 is 0 Å². The van der Waals surface area contributed by atoms with Crippen molar-refractivity contribution in [2.24, 2.45) is 0 Å². The van der Waals surface area contributed by atoms with E-state index in [-0.39, 0.29) is 31.3 Å². The minimum Gasteiger partial charge on any atom is -0.497 e. The molecule has 23 heavy (non-hydrogen) atoms. The van der Waals surface area contributed by atoms with Gasteiger partial charge in [0.2, 0.25) is 11.8 Å². The fraction of sp³-hybridized carbons (Fsp3) is 0.375. The third-order valence-electron chi connectivity index (χ3n) is 3.13. The summed E-state index contributed by atoms with van der Waals surface area (Å²) in [5, 5.41) is 15.3. The number of aliphatic hydroxyl groups excluding tert-OH is 1. The largest absolute Gasteiger partial charge is 0.497 e. The van der Waals surface area contributed by atoms with E-state index in [9.17, 15) is 14.7 Å². The van der Waals surface area contributed by atoms with Crippen molar-refractivity contribution in [3.8, 4) is 11.5 Å². The number of carbonyl (C=O) groups excluding carboxylic acids is 2. The lowest BCUT2D eigenvalue weighted by molar-refractivity contribution is -0.121. The van der Waals surface area contributed by atoms with Crippen molar-refractivity contribution in [2.45, 2.75) is 12.5 Å². The lowest BCUT2D eigenvalue weighted by Crippen LogP contribution is -2.32. The Morgan fingerprint density at radius 2 is 2.04 bits per heavy atom. The summed E-state index contributed by atoms with van der Waals surface area (Å²) in [5.74, 6) is 0.471. The van der Waals surface area contributed by atoms with Crippen LogP contribution in [0, 0.1) is 0 Å². The predicted molar refractivity (Wildman–Crippen MR) is 85.3 cm³/mol. The molecule has 126 valence electrons. The van der Waals surface area contributed by atoms with Crippen LogP contribution >= 0.6 is 0 Å². The molecule has 1 atom stereocenters. The van der Waals surface area contributed by atoms with Gasteiger partial charge in [0.1, 0.15) is 11.5 Å². The zero-order valence-corrected chi connectivity index (χ0v) is 13.3. The van der Waals surface area contributed by atoms with E-state index in [4.69, 9.17) is 9.47 Å². The Morgan fingerprint density at radius 3 is 2.65 bits per heavy atom. The summed E-state index contributed by atoms with van der Waals surface area (Å²) in [7, 11) is 3.02. The number of carbonyl (C=O) groups is 2. The second kappa shape index (κ2) is 9.47. The van der Waals surface area contributed by atoms with E-state index in [2.05, 4.69) is 17.2 Å². The van der Waals surface area contributed by atoms with Crippen molar-refractivity contribution in [2.75, 3.05) is 27.3 Å². The van der Waals surface area contributed by atoms with Crippen LogP contribution in [0.1, 0.15) is 18.1 Å². The number of ether oxygens (including phenoxy) is 2. The summed E-state index contributed by atoms with van der Waals surface area (Å²) in [4.78, 5) is 22.6. The monoisotopic (exact) mass is 322 g/mol. The normalized spacial score (nSPS) is 11.3. The van der Waals surface area contributed by atoms with E-state index in [0.29, 0.717) is 17.1 Å². The first-order valence-electron chi connectivity index (χ1n) is 7.08. The van der Waals surface area contributed by atoms with Gasteiger partial charge < -0.3 is 25.2 Å². The lowest BCUT2D eigenvalue weighted by Gasteiger charge is -2.16. The number of rotatable bonds is 9. The fourth-order valence-corrected chi connectivity index (χ4v) is 1.88. The number of hydrogen-bond donors (Lipinski definition) is 3. The summed E-state index contributed by atoms with van der Waals surface area (Å²) >= 11 is 0. The maximum atomic E-state index is 11.7. The van der Waals surface area contributed by atoms with E-state index in [1.54, 1.807) is 18.2 Å². The maximum Gasteiger partial charge on any atom is 0.243 e. The summed E-state index contributed by atoms with van der Waals surface area (Å²) < 4.78 is 10.3. The van der Waals surface area contributed by atoms with Crippen LogP contribution < -0.4 is 20.1 Å². The van der Waals surface area contributed by atoms with Crippen molar-refractivity contribution in [3.05, 3.63) is 36.4 Å². The molecule has 0 aliphatic carbocycles. The molecule has 1 unspecified atom stereocenters. The zero-order valence-electron chi connectivity index (χ0n) is 13.3. The maximum absolute atomic E-state index is 11.7. The Balaban J connectivity index is 2.52. The van der Waals surface area contributed by atoms with Crippen LogP contribution in [0.5, 0.6) is 11.5 Å². The van der Waals surface area contributed by atoms with Crippen LogP contribution in [0.4, 0.5) is 0 Å². The molecule has 0 saturated heterocycles. The molecular formula is C16H22N2O5. The molecule has 0 heterocycles. The minimum absolute atomic E-state index is 0.0256. The first-order chi connectivity index (χ1) is 11.0. The standard InChI is InChI=1S/C16H22N2O5/c1-4-15(20)17-8-7-16(21)18-10-13(19)12-9-11(22-2)5-6-14(12)23-3/h4-6,9,13,19H,1,7-8,10H2,2-3H3,(H,17,20)(H,18,21). The Morgan fingerprint density at radius 1 is 1.30 bits per heavy atom. The molecule has 0 radical (unpaired) electrons. The Hall–Kier alpha value is -2.54. The summed E-state index contributed by atoms with van der Waals surface area (Å²) in [6.07, 6.45) is 0.310. The highest BCUT2D eigenvalue weighted by Gasteiger charge is 2.15. The van der Waals surface area contributed by atoms with Crippen LogP contribution in [0.3, 0.4) is 0 Å². The average Bonchev–Trinajstić information content (AvgIpc) is 2.58. The van der Waals surface area contributed by atoms with Gasteiger partial charge in [-0.1, -0.05) is 6.58 Å². The molecule has 0 aliphatic rings. The third-order valence-corrected chi connectivity index (χ3v) is 3.13. The molecule has 0 fully saturated rings. The molecule has 1 rings (SSSR count). The van der Waals surface area contributed by atoms with E-state index in [0.717, 1.165) is 6.08 Å². The average molecular weight is 322 g/mol. The Kier molecular flexibility index (Phi) is 7.62. The SMILES string of the molecule is C=CC(=O)NCCC(=O)NCC(O)c1cc(OC)ccc1OC. The van der Waals surface area contributed by atoms with Gasteiger partial charge in [0.15, 0.2) is 0 Å². The first kappa shape index (κ1) is 18.5. The lowest BCUT2D eigenvalue weighted by atomic mass is 10.1. The van der Waals surface area contributed by atoms with E-state index < -0.39 is 6.10 Å². The topological polar surface area (TPSA) is 96.9 Å². The van der Waals surface area contributed by atoms with Gasteiger partial charge in [-0.15, -0.1) is 0 Å². The van der Waals surface area contributed by atoms with Gasteiger partial charge in [-0.05, 0) is 24.3 Å². The number of benzene rings is 1. The molecule has 1 aromatic rings. The van der Waals surface area contributed by atoms with Crippen LogP contribution in [0.25, 0.3) is 0 Å². The van der Waals surface area contributed by atoms with Crippen LogP contribution in [0.15, 0.2) is 30.9 Å². The summed E-state index contributed by atoms with van der Waals surface area (Å²) in [6, 6.07) is 5.06. The van der Waals surface area contributed by atoms with Crippen LogP contribution in [-0.4, -0.2) is 44.2 Å². The number of hydrogen-bond acceptors (Lipinski definition) is 5. The quantitative estimate of drug-likeness (QED) is 0.577. The van der Waals surface area contributed by atoms with Crippen LogP contribution in [-0.2, 0) is 9.59 Å². The van der Waals surface area contributed by atoms with Gasteiger partial charge in [-0.25, -0.2) is 0 Å². The van der Waals surface area contributed by atoms with Gasteiger partial charge in [-0.3, -0.25) is 9.59 Å². The molecule has 1 aromatic carbocycles. The van der Waals surface area contributed by atoms with E-state index in [1.165, 1.54) is 14.2 Å². The van der Waals surface area contributed by atoms with Gasteiger partial charge in [0.25, 0.3) is 0 Å². The van der Waals surface area contributed by atoms with E-state index in [1.807, 2.05) is 0 Å². The second-order valence-corrected chi connectivity index (χ2v) is 4.67. The molecule has 0 bridgehead atoms. The van der Waals surface area contributed by atoms with Gasteiger partial charge in [0.05, 0.1) is 20.3 Å². The molecule has 2 amide bonds. The molecule has 3 N–H and O–H groups in total. The molecule has 0 aliphatic heterocycles. The minimum atomic E-state index is -0.938. The molecule has 0 aromatic heterocycles. The molecule has 7 heteroatoms. The summed E-state index contributed by atoms with van der Waals surface area (Å²) in [5.41, 5.74) is 0.520. The number of amides is 2. The highest BCUT2D eigenvalue weighted by atomic mass is 16.5. The fourth-order valence-electron chi connectivity index (χ4n) is 1.88. The first-order valence-corrected chi connectivity index (χ1v) is 7.08. The van der Waals surface area contributed by atoms with Gasteiger partial charge in [0, 0.05) is 25.1 Å².